The fourth-order valence-corrected chi connectivity index (χ4v) is 2.24. The number of benzene rings is 2. The smallest absolute Gasteiger partial charge is 0.255 e. The Morgan fingerprint density at radius 3 is 2.74 bits per heavy atom. The van der Waals surface area contributed by atoms with E-state index in [1.54, 1.807) is 31.4 Å². The van der Waals surface area contributed by atoms with Gasteiger partial charge < -0.3 is 10.1 Å². The lowest BCUT2D eigenvalue weighted by Crippen LogP contribution is -2.13. The molecule has 0 saturated heterocycles. The first-order chi connectivity index (χ1) is 11.2. The first-order valence-corrected chi connectivity index (χ1v) is 6.97. The van der Waals surface area contributed by atoms with Gasteiger partial charge in [0.2, 0.25) is 0 Å². The molecule has 0 spiro atoms. The maximum absolute atomic E-state index is 12.4. The number of carbonyl (C=O) groups is 1. The van der Waals surface area contributed by atoms with E-state index >= 15 is 0 Å². The van der Waals surface area contributed by atoms with Crippen LogP contribution < -0.4 is 10.1 Å². The third kappa shape index (κ3) is 3.03. The Morgan fingerprint density at radius 1 is 1.22 bits per heavy atom. The third-order valence-corrected chi connectivity index (χ3v) is 3.42. The fourth-order valence-electron chi connectivity index (χ4n) is 2.24. The van der Waals surface area contributed by atoms with Crippen molar-refractivity contribution in [1.82, 2.24) is 20.2 Å². The molecule has 7 nitrogen and oxygen atoms in total. The maximum atomic E-state index is 12.4. The molecule has 0 unspecified atom stereocenters. The van der Waals surface area contributed by atoms with E-state index in [1.807, 2.05) is 25.1 Å². The van der Waals surface area contributed by atoms with Gasteiger partial charge in [0.25, 0.3) is 5.91 Å². The van der Waals surface area contributed by atoms with Crippen LogP contribution in [0.5, 0.6) is 5.75 Å². The van der Waals surface area contributed by atoms with Crippen molar-refractivity contribution in [2.45, 2.75) is 6.92 Å². The lowest BCUT2D eigenvalue weighted by molar-refractivity contribution is 0.102. The molecule has 0 aliphatic heterocycles. The van der Waals surface area contributed by atoms with Gasteiger partial charge in [-0.25, -0.2) is 0 Å². The Kier molecular flexibility index (Phi) is 4.01. The molecular formula is C16H15N5O2. The minimum atomic E-state index is -0.170. The summed E-state index contributed by atoms with van der Waals surface area (Å²) < 4.78 is 6.78. The molecule has 23 heavy (non-hydrogen) atoms. The molecule has 1 aromatic heterocycles. The summed E-state index contributed by atoms with van der Waals surface area (Å²) in [7, 11) is 1.56. The summed E-state index contributed by atoms with van der Waals surface area (Å²) in [6, 6.07) is 12.7. The summed E-state index contributed by atoms with van der Waals surface area (Å²) in [6.07, 6.45) is 1.46. The highest BCUT2D eigenvalue weighted by molar-refractivity contribution is 6.05. The number of hydrogen-bond acceptors (Lipinski definition) is 5. The molecule has 0 saturated carbocycles. The number of amides is 1. The second-order valence-electron chi connectivity index (χ2n) is 4.91. The van der Waals surface area contributed by atoms with Crippen LogP contribution in [0.1, 0.15) is 15.9 Å². The molecule has 0 aliphatic rings. The van der Waals surface area contributed by atoms with Crippen molar-refractivity contribution in [2.75, 3.05) is 12.4 Å². The minimum Gasteiger partial charge on any atom is -0.494 e. The number of nitrogens with zero attached hydrogens (tertiary/aromatic N) is 4. The zero-order valence-electron chi connectivity index (χ0n) is 12.7. The van der Waals surface area contributed by atoms with Crippen LogP contribution in [0.3, 0.4) is 0 Å². The van der Waals surface area contributed by atoms with Crippen LogP contribution in [-0.4, -0.2) is 33.2 Å². The number of methoxy groups -OCH3 is 1. The molecular weight excluding hydrogens is 294 g/mol. The second-order valence-corrected chi connectivity index (χ2v) is 4.91. The van der Waals surface area contributed by atoms with Gasteiger partial charge >= 0.3 is 0 Å². The summed E-state index contributed by atoms with van der Waals surface area (Å²) in [4.78, 5) is 12.4. The van der Waals surface area contributed by atoms with Gasteiger partial charge in [-0.15, -0.1) is 5.10 Å². The quantitative estimate of drug-likeness (QED) is 0.799. The van der Waals surface area contributed by atoms with Gasteiger partial charge in [0.05, 0.1) is 7.11 Å². The average Bonchev–Trinajstić information content (AvgIpc) is 3.09. The molecule has 2 aromatic carbocycles. The average molecular weight is 309 g/mol. The summed E-state index contributed by atoms with van der Waals surface area (Å²) >= 11 is 0. The summed E-state index contributed by atoms with van der Waals surface area (Å²) in [5, 5.41) is 14.0. The first-order valence-electron chi connectivity index (χ1n) is 6.97. The maximum Gasteiger partial charge on any atom is 0.255 e. The second kappa shape index (κ2) is 6.27. The van der Waals surface area contributed by atoms with Gasteiger partial charge in [-0.1, -0.05) is 18.2 Å². The molecule has 1 heterocycles. The van der Waals surface area contributed by atoms with Crippen LogP contribution in [0, 0.1) is 6.92 Å². The molecule has 0 atom stereocenters. The number of rotatable bonds is 4. The van der Waals surface area contributed by atoms with Crippen LogP contribution in [0.4, 0.5) is 5.69 Å². The van der Waals surface area contributed by atoms with Gasteiger partial charge in [-0.2, -0.15) is 4.68 Å². The number of anilines is 1. The van der Waals surface area contributed by atoms with E-state index in [1.165, 1.54) is 11.0 Å². The predicted octanol–water partition coefficient (Wildman–Crippen LogP) is 2.23. The van der Waals surface area contributed by atoms with E-state index in [0.29, 0.717) is 22.7 Å². The molecule has 0 aliphatic carbocycles. The Hall–Kier alpha value is -3.22. The topological polar surface area (TPSA) is 81.9 Å². The summed E-state index contributed by atoms with van der Waals surface area (Å²) in [5.74, 6) is 0.433. The molecule has 0 fully saturated rings. The number of aryl methyl sites for hydroxylation is 1. The van der Waals surface area contributed by atoms with E-state index in [0.717, 1.165) is 5.56 Å². The monoisotopic (exact) mass is 309 g/mol. The number of tetrazole rings is 1. The van der Waals surface area contributed by atoms with Crippen molar-refractivity contribution in [3.8, 4) is 11.4 Å². The van der Waals surface area contributed by atoms with E-state index in [4.69, 9.17) is 4.74 Å². The van der Waals surface area contributed by atoms with Crippen molar-refractivity contribution >= 4 is 11.6 Å². The molecule has 0 radical (unpaired) electrons. The lowest BCUT2D eigenvalue weighted by atomic mass is 10.1. The molecule has 7 heteroatoms. The number of ether oxygens (including phenoxy) is 1. The number of hydrogen-bond donors (Lipinski definition) is 1. The zero-order valence-corrected chi connectivity index (χ0v) is 12.7. The highest BCUT2D eigenvalue weighted by Crippen LogP contribution is 2.26. The normalized spacial score (nSPS) is 10.3. The number of aromatic nitrogens is 4. The zero-order chi connectivity index (χ0) is 16.2. The van der Waals surface area contributed by atoms with Gasteiger partial charge in [-0.05, 0) is 47.2 Å². The van der Waals surface area contributed by atoms with Crippen molar-refractivity contribution in [2.24, 2.45) is 0 Å². The lowest BCUT2D eigenvalue weighted by Gasteiger charge is -2.11. The van der Waals surface area contributed by atoms with Crippen LogP contribution in [-0.2, 0) is 0 Å². The SMILES string of the molecule is COc1ccc(NC(=O)c2ccccc2C)cc1-n1cnnn1. The first kappa shape index (κ1) is 14.7. The molecule has 116 valence electrons. The van der Waals surface area contributed by atoms with E-state index in [-0.39, 0.29) is 5.91 Å². The van der Waals surface area contributed by atoms with Crippen LogP contribution in [0.2, 0.25) is 0 Å². The Balaban J connectivity index is 1.91. The summed E-state index contributed by atoms with van der Waals surface area (Å²) in [5.41, 5.74) is 2.82. The number of nitrogens with one attached hydrogen (secondary N) is 1. The van der Waals surface area contributed by atoms with E-state index < -0.39 is 0 Å². The van der Waals surface area contributed by atoms with Crippen LogP contribution in [0.25, 0.3) is 5.69 Å². The van der Waals surface area contributed by atoms with Gasteiger partial charge in [0.1, 0.15) is 17.8 Å². The van der Waals surface area contributed by atoms with Crippen LogP contribution >= 0.6 is 0 Å². The minimum absolute atomic E-state index is 0.170. The molecule has 3 aromatic rings. The fraction of sp³-hybridized carbons (Fsp3) is 0.125. The van der Waals surface area contributed by atoms with Crippen molar-refractivity contribution in [1.29, 1.82) is 0 Å². The van der Waals surface area contributed by atoms with E-state index in [9.17, 15) is 4.79 Å². The summed E-state index contributed by atoms with van der Waals surface area (Å²) in [6.45, 7) is 1.90. The third-order valence-electron chi connectivity index (χ3n) is 3.42. The van der Waals surface area contributed by atoms with Crippen molar-refractivity contribution in [3.63, 3.8) is 0 Å². The molecule has 1 N–H and O–H groups in total. The largest absolute Gasteiger partial charge is 0.494 e. The highest BCUT2D eigenvalue weighted by atomic mass is 16.5. The Labute approximate surface area is 132 Å². The van der Waals surface area contributed by atoms with Gasteiger partial charge in [0.15, 0.2) is 0 Å². The van der Waals surface area contributed by atoms with Crippen molar-refractivity contribution in [3.05, 3.63) is 59.9 Å². The van der Waals surface area contributed by atoms with E-state index in [2.05, 4.69) is 20.8 Å². The number of carbonyl (C=O) groups excluding carboxylic acids is 1. The Morgan fingerprint density at radius 2 is 2.04 bits per heavy atom. The molecule has 3 rings (SSSR count). The van der Waals surface area contributed by atoms with Crippen molar-refractivity contribution < 1.29 is 9.53 Å². The predicted molar refractivity (Wildman–Crippen MR) is 84.8 cm³/mol. The van der Waals surface area contributed by atoms with Gasteiger partial charge in [0, 0.05) is 11.3 Å². The van der Waals surface area contributed by atoms with Gasteiger partial charge in [-0.3, -0.25) is 4.79 Å². The standard InChI is InChI=1S/C16H15N5O2/c1-11-5-3-4-6-13(11)16(22)18-12-7-8-15(23-2)14(9-12)21-10-17-19-20-21/h3-10H,1-2H3,(H,18,22). The Bertz CT molecular complexity index is 830. The highest BCUT2D eigenvalue weighted by Gasteiger charge is 2.12. The van der Waals surface area contributed by atoms with Crippen LogP contribution in [0.15, 0.2) is 48.8 Å². The molecule has 0 bridgehead atoms. The molecule has 1 amide bonds.